The molecule has 1 heterocycles. The maximum absolute atomic E-state index is 12.2. The van der Waals surface area contributed by atoms with E-state index in [4.69, 9.17) is 9.47 Å². The summed E-state index contributed by atoms with van der Waals surface area (Å²) in [4.78, 5) is 13.8. The predicted molar refractivity (Wildman–Crippen MR) is 80.8 cm³/mol. The Morgan fingerprint density at radius 1 is 1.48 bits per heavy atom. The van der Waals surface area contributed by atoms with Crippen LogP contribution in [0.1, 0.15) is 38.7 Å². The number of methoxy groups -OCH3 is 1. The lowest BCUT2D eigenvalue weighted by molar-refractivity contribution is 0.0449. The number of nitrogens with zero attached hydrogens (tertiary/aromatic N) is 1. The molecule has 5 heteroatoms. The minimum atomic E-state index is -0.943. The lowest BCUT2D eigenvalue weighted by atomic mass is 9.87. The van der Waals surface area contributed by atoms with E-state index in [1.165, 1.54) is 0 Å². The van der Waals surface area contributed by atoms with Crippen molar-refractivity contribution >= 4 is 11.8 Å². The highest BCUT2D eigenvalue weighted by molar-refractivity contribution is 5.90. The fraction of sp³-hybridized carbons (Fsp3) is 0.562. The molecule has 0 saturated heterocycles. The molecule has 0 fully saturated rings. The van der Waals surface area contributed by atoms with Crippen molar-refractivity contribution in [2.75, 3.05) is 25.2 Å². The van der Waals surface area contributed by atoms with Crippen molar-refractivity contribution in [3.05, 3.63) is 23.8 Å². The number of carbonyl (C=O) groups is 1. The highest BCUT2D eigenvalue weighted by atomic mass is 16.6. The first-order valence-corrected chi connectivity index (χ1v) is 7.35. The Morgan fingerprint density at radius 3 is 2.90 bits per heavy atom. The van der Waals surface area contributed by atoms with Gasteiger partial charge in [0.25, 0.3) is 0 Å². The zero-order valence-electron chi connectivity index (χ0n) is 12.9. The van der Waals surface area contributed by atoms with Gasteiger partial charge in [0.1, 0.15) is 5.75 Å². The van der Waals surface area contributed by atoms with Crippen LogP contribution in [-0.2, 0) is 10.3 Å². The van der Waals surface area contributed by atoms with Gasteiger partial charge < -0.3 is 14.6 Å². The molecule has 1 N–H and O–H groups in total. The Morgan fingerprint density at radius 2 is 2.24 bits per heavy atom. The summed E-state index contributed by atoms with van der Waals surface area (Å²) in [5.41, 5.74) is 0.441. The predicted octanol–water partition coefficient (Wildman–Crippen LogP) is 3.05. The number of carbonyl (C=O) groups excluding carboxylic acids is 1. The monoisotopic (exact) mass is 293 g/mol. The van der Waals surface area contributed by atoms with Crippen molar-refractivity contribution in [3.8, 4) is 5.75 Å². The van der Waals surface area contributed by atoms with E-state index in [0.29, 0.717) is 31.0 Å². The number of hydrogen-bond acceptors (Lipinski definition) is 4. The average molecular weight is 293 g/mol. The number of rotatable bonds is 4. The van der Waals surface area contributed by atoms with Gasteiger partial charge in [-0.2, -0.15) is 0 Å². The summed E-state index contributed by atoms with van der Waals surface area (Å²) in [6.45, 7) is 4.66. The molecular formula is C16H23NO4. The third-order valence-corrected chi connectivity index (χ3v) is 3.84. The molecule has 1 aromatic carbocycles. The summed E-state index contributed by atoms with van der Waals surface area (Å²) >= 11 is 0. The average Bonchev–Trinajstić information content (AvgIpc) is 2.47. The van der Waals surface area contributed by atoms with E-state index in [9.17, 15) is 9.90 Å². The van der Waals surface area contributed by atoms with Crippen LogP contribution in [0.15, 0.2) is 18.2 Å². The second-order valence-corrected chi connectivity index (χ2v) is 5.53. The molecule has 0 aliphatic carbocycles. The van der Waals surface area contributed by atoms with E-state index in [-0.39, 0.29) is 6.09 Å². The standard InChI is InChI=1S/C16H23NO4/c1-4-5-10-21-15(18)17-9-8-16(2,19)13-7-6-12(20-3)11-14(13)17/h6-7,11,19H,4-5,8-10H2,1-3H3. The maximum Gasteiger partial charge on any atom is 0.414 e. The summed E-state index contributed by atoms with van der Waals surface area (Å²) in [6, 6.07) is 5.36. The zero-order chi connectivity index (χ0) is 15.5. The third-order valence-electron chi connectivity index (χ3n) is 3.84. The SMILES string of the molecule is CCCCOC(=O)N1CCC(C)(O)c2ccc(OC)cc21. The highest BCUT2D eigenvalue weighted by Gasteiger charge is 2.36. The van der Waals surface area contributed by atoms with Crippen LogP contribution in [0, 0.1) is 0 Å². The number of anilines is 1. The van der Waals surface area contributed by atoms with Gasteiger partial charge in [-0.05, 0) is 25.8 Å². The van der Waals surface area contributed by atoms with Crippen molar-refractivity contribution in [1.82, 2.24) is 0 Å². The highest BCUT2D eigenvalue weighted by Crippen LogP contribution is 2.40. The van der Waals surface area contributed by atoms with Crippen LogP contribution in [0.3, 0.4) is 0 Å². The molecule has 1 aliphatic heterocycles. The number of amides is 1. The lowest BCUT2D eigenvalue weighted by Gasteiger charge is -2.37. The first-order chi connectivity index (χ1) is 9.99. The molecular weight excluding hydrogens is 270 g/mol. The first-order valence-electron chi connectivity index (χ1n) is 7.35. The van der Waals surface area contributed by atoms with Gasteiger partial charge in [0.15, 0.2) is 0 Å². The smallest absolute Gasteiger partial charge is 0.414 e. The van der Waals surface area contributed by atoms with Crippen molar-refractivity contribution in [1.29, 1.82) is 0 Å². The normalized spacial score (nSPS) is 20.9. The van der Waals surface area contributed by atoms with Gasteiger partial charge in [-0.1, -0.05) is 19.4 Å². The van der Waals surface area contributed by atoms with Crippen LogP contribution in [0.25, 0.3) is 0 Å². The Labute approximate surface area is 125 Å². The van der Waals surface area contributed by atoms with Crippen LogP contribution in [0.4, 0.5) is 10.5 Å². The van der Waals surface area contributed by atoms with E-state index in [1.54, 1.807) is 37.1 Å². The quantitative estimate of drug-likeness (QED) is 0.867. The van der Waals surface area contributed by atoms with Crippen molar-refractivity contribution in [3.63, 3.8) is 0 Å². The zero-order valence-corrected chi connectivity index (χ0v) is 12.9. The molecule has 21 heavy (non-hydrogen) atoms. The Kier molecular flexibility index (Phi) is 4.73. The molecule has 0 aromatic heterocycles. The molecule has 0 saturated carbocycles. The minimum absolute atomic E-state index is 0.367. The molecule has 0 radical (unpaired) electrons. The van der Waals surface area contributed by atoms with Crippen LogP contribution >= 0.6 is 0 Å². The molecule has 116 valence electrons. The Balaban J connectivity index is 2.27. The topological polar surface area (TPSA) is 59.0 Å². The number of unbranched alkanes of at least 4 members (excludes halogenated alkanes) is 1. The third kappa shape index (κ3) is 3.29. The maximum atomic E-state index is 12.2. The van der Waals surface area contributed by atoms with Crippen LogP contribution in [0.2, 0.25) is 0 Å². The summed E-state index contributed by atoms with van der Waals surface area (Å²) in [5, 5.41) is 10.5. The minimum Gasteiger partial charge on any atom is -0.497 e. The van der Waals surface area contributed by atoms with Crippen LogP contribution in [-0.4, -0.2) is 31.5 Å². The second kappa shape index (κ2) is 6.35. The fourth-order valence-electron chi connectivity index (χ4n) is 2.47. The van der Waals surface area contributed by atoms with Crippen molar-refractivity contribution < 1.29 is 19.4 Å². The molecule has 2 rings (SSSR count). The molecule has 0 bridgehead atoms. The largest absolute Gasteiger partial charge is 0.497 e. The lowest BCUT2D eigenvalue weighted by Crippen LogP contribution is -2.42. The molecule has 0 spiro atoms. The summed E-state index contributed by atoms with van der Waals surface area (Å²) < 4.78 is 10.5. The Hall–Kier alpha value is -1.75. The van der Waals surface area contributed by atoms with Gasteiger partial charge in [0.05, 0.1) is 25.0 Å². The molecule has 1 amide bonds. The number of aliphatic hydroxyl groups is 1. The number of fused-ring (bicyclic) bond motifs is 1. The van der Waals surface area contributed by atoms with Gasteiger partial charge in [-0.25, -0.2) is 4.79 Å². The van der Waals surface area contributed by atoms with Crippen LogP contribution < -0.4 is 9.64 Å². The van der Waals surface area contributed by atoms with Gasteiger partial charge in [-0.15, -0.1) is 0 Å². The van der Waals surface area contributed by atoms with Crippen LogP contribution in [0.5, 0.6) is 5.75 Å². The first kappa shape index (κ1) is 15.6. The van der Waals surface area contributed by atoms with E-state index >= 15 is 0 Å². The molecule has 1 aromatic rings. The van der Waals surface area contributed by atoms with E-state index in [2.05, 4.69) is 0 Å². The van der Waals surface area contributed by atoms with Crippen molar-refractivity contribution in [2.45, 2.75) is 38.7 Å². The number of ether oxygens (including phenoxy) is 2. The summed E-state index contributed by atoms with van der Waals surface area (Å²) in [7, 11) is 1.58. The summed E-state index contributed by atoms with van der Waals surface area (Å²) in [6.07, 6.45) is 1.94. The van der Waals surface area contributed by atoms with Gasteiger partial charge in [0, 0.05) is 18.2 Å². The van der Waals surface area contributed by atoms with Crippen molar-refractivity contribution in [2.24, 2.45) is 0 Å². The summed E-state index contributed by atoms with van der Waals surface area (Å²) in [5.74, 6) is 0.651. The molecule has 1 atom stereocenters. The van der Waals surface area contributed by atoms with E-state index < -0.39 is 5.60 Å². The van der Waals surface area contributed by atoms with E-state index in [1.807, 2.05) is 6.92 Å². The number of benzene rings is 1. The molecule has 1 unspecified atom stereocenters. The molecule has 1 aliphatic rings. The fourth-order valence-corrected chi connectivity index (χ4v) is 2.47. The molecule has 5 nitrogen and oxygen atoms in total. The number of hydrogen-bond donors (Lipinski definition) is 1. The van der Waals surface area contributed by atoms with Gasteiger partial charge in [0.2, 0.25) is 0 Å². The Bertz CT molecular complexity index is 513. The second-order valence-electron chi connectivity index (χ2n) is 5.53. The van der Waals surface area contributed by atoms with Gasteiger partial charge in [-0.3, -0.25) is 4.90 Å². The van der Waals surface area contributed by atoms with Gasteiger partial charge >= 0.3 is 6.09 Å². The van der Waals surface area contributed by atoms with E-state index in [0.717, 1.165) is 18.4 Å².